The van der Waals surface area contributed by atoms with E-state index in [0.717, 1.165) is 35.3 Å². The van der Waals surface area contributed by atoms with Gasteiger partial charge in [-0.15, -0.1) is 0 Å². The number of hydrogen-bond acceptors (Lipinski definition) is 2. The molecule has 0 bridgehead atoms. The van der Waals surface area contributed by atoms with E-state index in [4.69, 9.17) is 5.73 Å². The first-order chi connectivity index (χ1) is 10.2. The summed E-state index contributed by atoms with van der Waals surface area (Å²) in [5.74, 6) is -0.375. The molecule has 0 saturated carbocycles. The zero-order valence-electron chi connectivity index (χ0n) is 11.9. The predicted octanol–water partition coefficient (Wildman–Crippen LogP) is 2.69. The lowest BCUT2D eigenvalue weighted by Crippen LogP contribution is -2.13. The second kappa shape index (κ2) is 5.40. The van der Waals surface area contributed by atoms with E-state index < -0.39 is 0 Å². The first-order valence-corrected chi connectivity index (χ1v) is 6.96. The molecule has 0 unspecified atom stereocenters. The van der Waals surface area contributed by atoms with E-state index in [0.29, 0.717) is 5.56 Å². The largest absolute Gasteiger partial charge is 0.366 e. The summed E-state index contributed by atoms with van der Waals surface area (Å²) in [4.78, 5) is 16.1. The molecule has 0 aliphatic heterocycles. The summed E-state index contributed by atoms with van der Waals surface area (Å²) >= 11 is 0. The minimum atomic E-state index is -0.375. The number of primary amides is 1. The van der Waals surface area contributed by atoms with Gasteiger partial charge in [0.2, 0.25) is 0 Å². The summed E-state index contributed by atoms with van der Waals surface area (Å²) in [7, 11) is 0. The van der Waals surface area contributed by atoms with Gasteiger partial charge in [0.15, 0.2) is 0 Å². The molecule has 2 N–H and O–H groups in total. The smallest absolute Gasteiger partial charge is 0.251 e. The number of nitrogens with two attached hydrogens (primary N) is 1. The van der Waals surface area contributed by atoms with E-state index in [1.807, 2.05) is 49.4 Å². The number of rotatable bonds is 4. The van der Waals surface area contributed by atoms with Gasteiger partial charge >= 0.3 is 0 Å². The van der Waals surface area contributed by atoms with Gasteiger partial charge in [0.25, 0.3) is 5.91 Å². The van der Waals surface area contributed by atoms with Crippen LogP contribution >= 0.6 is 0 Å². The van der Waals surface area contributed by atoms with Crippen molar-refractivity contribution >= 4 is 16.8 Å². The van der Waals surface area contributed by atoms with Crippen molar-refractivity contribution in [3.8, 4) is 0 Å². The van der Waals surface area contributed by atoms with Gasteiger partial charge in [-0.2, -0.15) is 0 Å². The topological polar surface area (TPSA) is 60.9 Å². The zero-order chi connectivity index (χ0) is 14.8. The van der Waals surface area contributed by atoms with Gasteiger partial charge in [-0.25, -0.2) is 0 Å². The van der Waals surface area contributed by atoms with Crippen molar-refractivity contribution in [1.82, 2.24) is 9.55 Å². The van der Waals surface area contributed by atoms with Crippen LogP contribution in [0.15, 0.2) is 48.7 Å². The SMILES string of the molecule is Cc1c(C(N)=O)c2ccccc2n1CCc1ccccn1. The molecule has 0 fully saturated rings. The number of aryl methyl sites for hydroxylation is 2. The monoisotopic (exact) mass is 279 g/mol. The summed E-state index contributed by atoms with van der Waals surface area (Å²) in [6, 6.07) is 13.8. The molecule has 0 radical (unpaired) electrons. The highest BCUT2D eigenvalue weighted by Gasteiger charge is 2.17. The first-order valence-electron chi connectivity index (χ1n) is 6.96. The number of hydrogen-bond donors (Lipinski definition) is 1. The van der Waals surface area contributed by atoms with Crippen LogP contribution in [0.5, 0.6) is 0 Å². The Hall–Kier alpha value is -2.62. The molecule has 2 heterocycles. The Balaban J connectivity index is 2.02. The number of carbonyl (C=O) groups is 1. The summed E-state index contributed by atoms with van der Waals surface area (Å²) < 4.78 is 2.14. The zero-order valence-corrected chi connectivity index (χ0v) is 11.9. The standard InChI is InChI=1S/C17H17N3O/c1-12-16(17(18)21)14-7-2-3-8-15(14)20(12)11-9-13-6-4-5-10-19-13/h2-8,10H,9,11H2,1H3,(H2,18,21). The van der Waals surface area contributed by atoms with Crippen molar-refractivity contribution in [3.05, 3.63) is 65.6 Å². The van der Waals surface area contributed by atoms with Crippen LogP contribution in [-0.2, 0) is 13.0 Å². The Kier molecular flexibility index (Phi) is 3.44. The fourth-order valence-electron chi connectivity index (χ4n) is 2.80. The Morgan fingerprint density at radius 2 is 1.95 bits per heavy atom. The highest BCUT2D eigenvalue weighted by molar-refractivity contribution is 6.07. The van der Waals surface area contributed by atoms with Gasteiger partial charge in [0.1, 0.15) is 0 Å². The number of para-hydroxylation sites is 1. The molecule has 0 atom stereocenters. The molecule has 1 amide bonds. The average molecular weight is 279 g/mol. The molecule has 0 aliphatic rings. The van der Waals surface area contributed by atoms with Crippen LogP contribution in [0, 0.1) is 6.92 Å². The summed E-state index contributed by atoms with van der Waals surface area (Å²) in [6.07, 6.45) is 2.61. The number of nitrogens with zero attached hydrogens (tertiary/aromatic N) is 2. The van der Waals surface area contributed by atoms with Gasteiger partial charge in [0.05, 0.1) is 5.56 Å². The van der Waals surface area contributed by atoms with Crippen molar-refractivity contribution < 1.29 is 4.79 Å². The van der Waals surface area contributed by atoms with Crippen LogP contribution in [-0.4, -0.2) is 15.5 Å². The van der Waals surface area contributed by atoms with E-state index in [-0.39, 0.29) is 5.91 Å². The van der Waals surface area contributed by atoms with E-state index in [2.05, 4.69) is 9.55 Å². The number of aromatic nitrogens is 2. The Bertz CT molecular complexity index is 790. The number of fused-ring (bicyclic) bond motifs is 1. The lowest BCUT2D eigenvalue weighted by Gasteiger charge is -2.08. The molecule has 3 rings (SSSR count). The normalized spacial score (nSPS) is 10.9. The van der Waals surface area contributed by atoms with E-state index >= 15 is 0 Å². The molecule has 0 saturated heterocycles. The highest BCUT2D eigenvalue weighted by Crippen LogP contribution is 2.25. The van der Waals surface area contributed by atoms with Crippen molar-refractivity contribution in [2.45, 2.75) is 19.9 Å². The van der Waals surface area contributed by atoms with Crippen LogP contribution in [0.2, 0.25) is 0 Å². The van der Waals surface area contributed by atoms with E-state index in [1.165, 1.54) is 0 Å². The van der Waals surface area contributed by atoms with Crippen molar-refractivity contribution in [3.63, 3.8) is 0 Å². The average Bonchev–Trinajstić information content (AvgIpc) is 2.78. The fourth-order valence-corrected chi connectivity index (χ4v) is 2.80. The number of carbonyl (C=O) groups excluding carboxylic acids is 1. The summed E-state index contributed by atoms with van der Waals surface area (Å²) in [6.45, 7) is 2.72. The van der Waals surface area contributed by atoms with Crippen molar-refractivity contribution in [2.24, 2.45) is 5.73 Å². The van der Waals surface area contributed by atoms with E-state index in [9.17, 15) is 4.79 Å². The first kappa shape index (κ1) is 13.4. The Morgan fingerprint density at radius 3 is 2.67 bits per heavy atom. The quantitative estimate of drug-likeness (QED) is 0.798. The second-order valence-corrected chi connectivity index (χ2v) is 5.06. The molecule has 2 aromatic heterocycles. The predicted molar refractivity (Wildman–Crippen MR) is 83.1 cm³/mol. The van der Waals surface area contributed by atoms with Crippen LogP contribution in [0.4, 0.5) is 0 Å². The van der Waals surface area contributed by atoms with Crippen LogP contribution in [0.1, 0.15) is 21.7 Å². The van der Waals surface area contributed by atoms with Gasteiger partial charge in [0, 0.05) is 41.5 Å². The third-order valence-corrected chi connectivity index (χ3v) is 3.79. The lowest BCUT2D eigenvalue weighted by atomic mass is 10.1. The van der Waals surface area contributed by atoms with Crippen LogP contribution in [0.3, 0.4) is 0 Å². The maximum Gasteiger partial charge on any atom is 0.251 e. The molecule has 0 spiro atoms. The molecule has 21 heavy (non-hydrogen) atoms. The fraction of sp³-hybridized carbons (Fsp3) is 0.176. The second-order valence-electron chi connectivity index (χ2n) is 5.06. The molecular weight excluding hydrogens is 262 g/mol. The van der Waals surface area contributed by atoms with Gasteiger partial charge in [-0.3, -0.25) is 9.78 Å². The van der Waals surface area contributed by atoms with Crippen LogP contribution in [0.25, 0.3) is 10.9 Å². The molecular formula is C17H17N3O. The van der Waals surface area contributed by atoms with E-state index in [1.54, 1.807) is 6.20 Å². The van der Waals surface area contributed by atoms with Crippen molar-refractivity contribution in [2.75, 3.05) is 0 Å². The van der Waals surface area contributed by atoms with Gasteiger partial charge < -0.3 is 10.3 Å². The molecule has 1 aromatic carbocycles. The minimum Gasteiger partial charge on any atom is -0.366 e. The molecule has 4 heteroatoms. The highest BCUT2D eigenvalue weighted by atomic mass is 16.1. The summed E-state index contributed by atoms with van der Waals surface area (Å²) in [5.41, 5.74) is 9.15. The maximum atomic E-state index is 11.7. The van der Waals surface area contributed by atoms with Gasteiger partial charge in [-0.05, 0) is 25.1 Å². The number of benzene rings is 1. The third-order valence-electron chi connectivity index (χ3n) is 3.79. The maximum absolute atomic E-state index is 11.7. The van der Waals surface area contributed by atoms with Gasteiger partial charge in [-0.1, -0.05) is 24.3 Å². The Morgan fingerprint density at radius 1 is 1.19 bits per heavy atom. The number of amides is 1. The summed E-state index contributed by atoms with van der Waals surface area (Å²) in [5, 5.41) is 0.920. The molecule has 3 aromatic rings. The molecule has 106 valence electrons. The van der Waals surface area contributed by atoms with Crippen LogP contribution < -0.4 is 5.73 Å². The molecule has 4 nitrogen and oxygen atoms in total. The minimum absolute atomic E-state index is 0.375. The number of pyridine rings is 1. The van der Waals surface area contributed by atoms with Crippen molar-refractivity contribution in [1.29, 1.82) is 0 Å². The third kappa shape index (κ3) is 2.40. The molecule has 0 aliphatic carbocycles. The Labute approximate surface area is 123 Å². The lowest BCUT2D eigenvalue weighted by molar-refractivity contribution is 0.100.